The van der Waals surface area contributed by atoms with Crippen LogP contribution in [0.15, 0.2) is 70.9 Å². The van der Waals surface area contributed by atoms with Crippen LogP contribution in [0.3, 0.4) is 0 Å². The van der Waals surface area contributed by atoms with E-state index >= 15 is 0 Å². The molecule has 50 heavy (non-hydrogen) atoms. The molecule has 0 spiro atoms. The normalized spacial score (nSPS) is 11.6. The van der Waals surface area contributed by atoms with Gasteiger partial charge in [-0.3, -0.25) is 0 Å². The summed E-state index contributed by atoms with van der Waals surface area (Å²) in [5.41, 5.74) is 9.41. The number of hydrogen-bond donors (Lipinski definition) is 8. The number of nitrogens with zero attached hydrogens (tertiary/aromatic N) is 4. The fourth-order valence-corrected chi connectivity index (χ4v) is 5.25. The van der Waals surface area contributed by atoms with E-state index in [2.05, 4.69) is 41.7 Å². The number of ether oxygens (including phenoxy) is 4. The molecular weight excluding hydrogens is 687 g/mol. The highest BCUT2D eigenvalue weighted by Crippen LogP contribution is 2.37. The van der Waals surface area contributed by atoms with Gasteiger partial charge in [-0.05, 0) is 12.1 Å². The zero-order chi connectivity index (χ0) is 35.9. The molecule has 0 bridgehead atoms. The van der Waals surface area contributed by atoms with Crippen molar-refractivity contribution in [3.63, 3.8) is 0 Å². The van der Waals surface area contributed by atoms with E-state index in [1.807, 2.05) is 48.5 Å². The Morgan fingerprint density at radius 3 is 1.42 bits per heavy atom. The van der Waals surface area contributed by atoms with Gasteiger partial charge < -0.3 is 52.1 Å². The third kappa shape index (κ3) is 9.97. The minimum Gasteiger partial charge on any atom is -0.481 e. The molecule has 0 aliphatic carbocycles. The summed E-state index contributed by atoms with van der Waals surface area (Å²) in [4.78, 5) is 8.96. The summed E-state index contributed by atoms with van der Waals surface area (Å²) in [5.74, 6) is 23.6. The van der Waals surface area contributed by atoms with Crippen LogP contribution in [0.4, 0.5) is 0 Å². The summed E-state index contributed by atoms with van der Waals surface area (Å²) in [6, 6.07) is 18.5. The SMILES string of the molecule is COc1nc(OCc2cccc(-c3cccc(COc4ccc(CNC/C(=N/N)NN)c(OC)n4)c3Cl)c2Cl)ccc1CNC/C(=N/N)NN. The molecule has 0 aliphatic heterocycles. The van der Waals surface area contributed by atoms with E-state index in [1.54, 1.807) is 12.1 Å². The van der Waals surface area contributed by atoms with E-state index in [0.29, 0.717) is 71.4 Å². The quantitative estimate of drug-likeness (QED) is 0.0337. The van der Waals surface area contributed by atoms with Gasteiger partial charge in [-0.2, -0.15) is 20.2 Å². The monoisotopic (exact) mass is 726 g/mol. The van der Waals surface area contributed by atoms with E-state index in [0.717, 1.165) is 33.4 Å². The number of rotatable bonds is 17. The number of hydrazine groups is 2. The van der Waals surface area contributed by atoms with E-state index in [-0.39, 0.29) is 13.2 Å². The summed E-state index contributed by atoms with van der Waals surface area (Å²) in [5, 5.41) is 14.4. The van der Waals surface area contributed by atoms with Gasteiger partial charge in [0.15, 0.2) is 0 Å². The highest BCUT2D eigenvalue weighted by atomic mass is 35.5. The highest BCUT2D eigenvalue weighted by molar-refractivity contribution is 6.37. The van der Waals surface area contributed by atoms with Crippen molar-refractivity contribution in [3.05, 3.63) is 93.0 Å². The Balaban J connectivity index is 1.41. The molecule has 2 aromatic carbocycles. The maximum absolute atomic E-state index is 6.91. The first-order chi connectivity index (χ1) is 24.3. The Morgan fingerprint density at radius 2 is 1.06 bits per heavy atom. The standard InChI is InChI=1S/C32H40Cl2N12O4/c1-47-31-19(13-39-15-25(43-35)44-36)9-11-27(41-31)49-17-21-5-3-7-23(29(21)33)24-8-4-6-22(30(24)34)18-50-28-12-10-20(32(42-28)48-2)14-40-16-26(45-37)46-38/h3-12,39-40H,13-18,35-38H2,1-2H3,(H,43,44)(H,45,46). The number of hydrazone groups is 2. The van der Waals surface area contributed by atoms with Gasteiger partial charge in [0.05, 0.1) is 37.4 Å². The Bertz CT molecular complexity index is 1670. The average molecular weight is 728 g/mol. The molecule has 18 heteroatoms. The highest BCUT2D eigenvalue weighted by Gasteiger charge is 2.16. The van der Waals surface area contributed by atoms with Crippen molar-refractivity contribution in [1.29, 1.82) is 0 Å². The summed E-state index contributed by atoms with van der Waals surface area (Å²) < 4.78 is 22.9. The third-order valence-electron chi connectivity index (χ3n) is 7.27. The minimum absolute atomic E-state index is 0.157. The van der Waals surface area contributed by atoms with Crippen molar-refractivity contribution in [1.82, 2.24) is 31.5 Å². The number of amidine groups is 2. The number of aromatic nitrogens is 2. The predicted octanol–water partition coefficient (Wildman–Crippen LogP) is 2.28. The molecule has 4 rings (SSSR count). The van der Waals surface area contributed by atoms with Gasteiger partial charge in [0.1, 0.15) is 24.9 Å². The summed E-state index contributed by atoms with van der Waals surface area (Å²) in [7, 11) is 3.07. The number of pyridine rings is 2. The third-order valence-corrected chi connectivity index (χ3v) is 8.17. The summed E-state index contributed by atoms with van der Waals surface area (Å²) in [6.45, 7) is 1.86. The molecule has 0 unspecified atom stereocenters. The first-order valence-corrected chi connectivity index (χ1v) is 15.9. The van der Waals surface area contributed by atoms with Gasteiger partial charge in [0.25, 0.3) is 0 Å². The van der Waals surface area contributed by atoms with Gasteiger partial charge in [0, 0.05) is 58.6 Å². The van der Waals surface area contributed by atoms with Crippen LogP contribution in [-0.4, -0.2) is 48.9 Å². The van der Waals surface area contributed by atoms with Crippen LogP contribution >= 0.6 is 23.2 Å². The Labute approximate surface area is 299 Å². The van der Waals surface area contributed by atoms with Crippen molar-refractivity contribution >= 4 is 34.9 Å². The maximum Gasteiger partial charge on any atom is 0.220 e. The smallest absolute Gasteiger partial charge is 0.220 e. The lowest BCUT2D eigenvalue weighted by Crippen LogP contribution is -2.38. The largest absolute Gasteiger partial charge is 0.481 e. The molecule has 4 aromatic rings. The van der Waals surface area contributed by atoms with E-state index in [9.17, 15) is 0 Å². The van der Waals surface area contributed by atoms with Crippen LogP contribution in [-0.2, 0) is 26.3 Å². The van der Waals surface area contributed by atoms with Crippen LogP contribution in [0.1, 0.15) is 22.3 Å². The van der Waals surface area contributed by atoms with Crippen molar-refractivity contribution in [2.75, 3.05) is 27.3 Å². The van der Waals surface area contributed by atoms with Crippen LogP contribution in [0, 0.1) is 0 Å². The lowest BCUT2D eigenvalue weighted by atomic mass is 10.0. The average Bonchev–Trinajstić information content (AvgIpc) is 3.15. The molecule has 0 saturated carbocycles. The fraction of sp³-hybridized carbons (Fsp3) is 0.250. The van der Waals surface area contributed by atoms with Gasteiger partial charge >= 0.3 is 0 Å². The predicted molar refractivity (Wildman–Crippen MR) is 193 cm³/mol. The summed E-state index contributed by atoms with van der Waals surface area (Å²) in [6.07, 6.45) is 0. The number of halogens is 2. The lowest BCUT2D eigenvalue weighted by Gasteiger charge is -2.15. The van der Waals surface area contributed by atoms with Crippen molar-refractivity contribution in [2.24, 2.45) is 33.6 Å². The zero-order valence-electron chi connectivity index (χ0n) is 27.5. The van der Waals surface area contributed by atoms with Crippen LogP contribution in [0.25, 0.3) is 11.1 Å². The lowest BCUT2D eigenvalue weighted by molar-refractivity contribution is 0.286. The molecule has 2 heterocycles. The topological polar surface area (TPSA) is 240 Å². The number of nitrogens with one attached hydrogen (secondary N) is 4. The fourth-order valence-electron chi connectivity index (χ4n) is 4.69. The number of nitrogens with two attached hydrogens (primary N) is 4. The molecule has 0 atom stereocenters. The Hall–Kier alpha value is -5.10. The Morgan fingerprint density at radius 1 is 0.640 bits per heavy atom. The Kier molecular flexibility index (Phi) is 14.5. The van der Waals surface area contributed by atoms with E-state index < -0.39 is 0 Å². The van der Waals surface area contributed by atoms with Crippen LogP contribution in [0.5, 0.6) is 23.5 Å². The molecular formula is C32H40Cl2N12O4. The molecule has 12 N–H and O–H groups in total. The zero-order valence-corrected chi connectivity index (χ0v) is 29.0. The molecule has 0 radical (unpaired) electrons. The second-order valence-electron chi connectivity index (χ2n) is 10.4. The molecule has 266 valence electrons. The maximum atomic E-state index is 6.91. The molecule has 16 nitrogen and oxygen atoms in total. The van der Waals surface area contributed by atoms with Crippen molar-refractivity contribution < 1.29 is 18.9 Å². The molecule has 0 aliphatic rings. The number of hydrogen-bond acceptors (Lipinski definition) is 14. The molecule has 0 fully saturated rings. The van der Waals surface area contributed by atoms with Gasteiger partial charge in [-0.15, -0.1) is 0 Å². The van der Waals surface area contributed by atoms with Crippen LogP contribution in [0.2, 0.25) is 10.0 Å². The first kappa shape index (κ1) is 37.7. The van der Waals surface area contributed by atoms with Gasteiger partial charge in [-0.25, -0.2) is 11.7 Å². The molecule has 0 amide bonds. The first-order valence-electron chi connectivity index (χ1n) is 15.1. The number of methoxy groups -OCH3 is 2. The minimum atomic E-state index is 0.157. The van der Waals surface area contributed by atoms with Gasteiger partial charge in [0.2, 0.25) is 23.5 Å². The molecule has 0 saturated heterocycles. The van der Waals surface area contributed by atoms with Gasteiger partial charge in [-0.1, -0.05) is 59.6 Å². The number of benzene rings is 2. The molecule has 2 aromatic heterocycles. The van der Waals surface area contributed by atoms with Crippen molar-refractivity contribution in [3.8, 4) is 34.6 Å². The second kappa shape index (κ2) is 19.2. The van der Waals surface area contributed by atoms with E-state index in [1.165, 1.54) is 14.2 Å². The summed E-state index contributed by atoms with van der Waals surface area (Å²) >= 11 is 13.8. The van der Waals surface area contributed by atoms with Crippen molar-refractivity contribution in [2.45, 2.75) is 26.3 Å². The van der Waals surface area contributed by atoms with Crippen LogP contribution < -0.4 is 63.8 Å². The van der Waals surface area contributed by atoms with E-state index in [4.69, 9.17) is 65.5 Å². The second-order valence-corrected chi connectivity index (χ2v) is 11.2.